The number of hydrogen-bond acceptors (Lipinski definition) is 4. The first-order valence-corrected chi connectivity index (χ1v) is 4.42. The van der Waals surface area contributed by atoms with E-state index in [0.717, 1.165) is 5.76 Å². The van der Waals surface area contributed by atoms with Crippen molar-refractivity contribution in [3.8, 4) is 0 Å². The zero-order valence-electron chi connectivity index (χ0n) is 8.19. The SMILES string of the molecule is CC(C)c1cc(C(O)C(C)N)no1. The van der Waals surface area contributed by atoms with Crippen molar-refractivity contribution in [2.75, 3.05) is 0 Å². The molecule has 0 bridgehead atoms. The van der Waals surface area contributed by atoms with E-state index < -0.39 is 6.10 Å². The first kappa shape index (κ1) is 10.2. The molecule has 0 aliphatic carbocycles. The van der Waals surface area contributed by atoms with Gasteiger partial charge in [-0.2, -0.15) is 0 Å². The van der Waals surface area contributed by atoms with Crippen LogP contribution >= 0.6 is 0 Å². The Hall–Kier alpha value is -0.870. The van der Waals surface area contributed by atoms with Crippen molar-refractivity contribution in [2.45, 2.75) is 38.8 Å². The molecule has 4 heteroatoms. The summed E-state index contributed by atoms with van der Waals surface area (Å²) in [5.74, 6) is 1.05. The highest BCUT2D eigenvalue weighted by Gasteiger charge is 2.18. The molecule has 0 saturated carbocycles. The van der Waals surface area contributed by atoms with Gasteiger partial charge in [0.15, 0.2) is 0 Å². The molecular weight excluding hydrogens is 168 g/mol. The van der Waals surface area contributed by atoms with E-state index in [1.807, 2.05) is 13.8 Å². The molecule has 74 valence electrons. The van der Waals surface area contributed by atoms with Crippen LogP contribution in [0.5, 0.6) is 0 Å². The normalized spacial score (nSPS) is 16.2. The van der Waals surface area contributed by atoms with Gasteiger partial charge in [-0.05, 0) is 6.92 Å². The van der Waals surface area contributed by atoms with Crippen LogP contribution in [0.3, 0.4) is 0 Å². The number of hydrogen-bond donors (Lipinski definition) is 2. The van der Waals surface area contributed by atoms with E-state index >= 15 is 0 Å². The Morgan fingerprint density at radius 2 is 2.08 bits per heavy atom. The van der Waals surface area contributed by atoms with Gasteiger partial charge in [0.1, 0.15) is 17.6 Å². The summed E-state index contributed by atoms with van der Waals surface area (Å²) in [6.07, 6.45) is -0.740. The van der Waals surface area contributed by atoms with Gasteiger partial charge in [-0.3, -0.25) is 0 Å². The summed E-state index contributed by atoms with van der Waals surface area (Å²) in [7, 11) is 0. The molecule has 2 unspecified atom stereocenters. The van der Waals surface area contributed by atoms with Crippen molar-refractivity contribution in [1.29, 1.82) is 0 Å². The summed E-state index contributed by atoms with van der Waals surface area (Å²) < 4.78 is 5.03. The van der Waals surface area contributed by atoms with Crippen molar-refractivity contribution in [2.24, 2.45) is 5.73 Å². The molecule has 0 spiro atoms. The molecule has 0 aliphatic heterocycles. The molecule has 1 aromatic heterocycles. The van der Waals surface area contributed by atoms with E-state index in [2.05, 4.69) is 5.16 Å². The molecule has 0 aliphatic rings. The van der Waals surface area contributed by atoms with Crippen LogP contribution in [0.25, 0.3) is 0 Å². The van der Waals surface area contributed by atoms with Crippen molar-refractivity contribution in [1.82, 2.24) is 5.16 Å². The molecule has 2 atom stereocenters. The van der Waals surface area contributed by atoms with Crippen LogP contribution in [0.4, 0.5) is 0 Å². The summed E-state index contributed by atoms with van der Waals surface area (Å²) in [4.78, 5) is 0. The van der Waals surface area contributed by atoms with Gasteiger partial charge in [0.05, 0.1) is 0 Å². The second-order valence-corrected chi connectivity index (χ2v) is 3.61. The monoisotopic (exact) mass is 184 g/mol. The Morgan fingerprint density at radius 1 is 1.46 bits per heavy atom. The minimum absolute atomic E-state index is 0.279. The van der Waals surface area contributed by atoms with Crippen LogP contribution in [0.15, 0.2) is 10.6 Å². The molecule has 1 rings (SSSR count). The summed E-state index contributed by atoms with van der Waals surface area (Å²) in [5, 5.41) is 13.3. The van der Waals surface area contributed by atoms with Gasteiger partial charge in [0.2, 0.25) is 0 Å². The van der Waals surface area contributed by atoms with Crippen molar-refractivity contribution in [3.63, 3.8) is 0 Å². The van der Waals surface area contributed by atoms with Gasteiger partial charge in [-0.25, -0.2) is 0 Å². The smallest absolute Gasteiger partial charge is 0.139 e. The molecule has 1 aromatic rings. The quantitative estimate of drug-likeness (QED) is 0.739. The zero-order chi connectivity index (χ0) is 10.0. The lowest BCUT2D eigenvalue weighted by atomic mass is 10.1. The summed E-state index contributed by atoms with van der Waals surface area (Å²) >= 11 is 0. The zero-order valence-corrected chi connectivity index (χ0v) is 8.19. The van der Waals surface area contributed by atoms with Crippen LogP contribution in [0.1, 0.15) is 44.2 Å². The Balaban J connectivity index is 2.79. The van der Waals surface area contributed by atoms with E-state index in [1.54, 1.807) is 13.0 Å². The van der Waals surface area contributed by atoms with Crippen molar-refractivity contribution >= 4 is 0 Å². The Labute approximate surface area is 77.7 Å². The predicted molar refractivity (Wildman–Crippen MR) is 49.2 cm³/mol. The maximum Gasteiger partial charge on any atom is 0.139 e. The lowest BCUT2D eigenvalue weighted by Gasteiger charge is -2.09. The highest BCUT2D eigenvalue weighted by Crippen LogP contribution is 2.20. The first-order chi connectivity index (χ1) is 6.02. The number of aliphatic hydroxyl groups is 1. The van der Waals surface area contributed by atoms with E-state index in [0.29, 0.717) is 5.69 Å². The van der Waals surface area contributed by atoms with Crippen LogP contribution < -0.4 is 5.73 Å². The highest BCUT2D eigenvalue weighted by atomic mass is 16.5. The second kappa shape index (κ2) is 3.89. The highest BCUT2D eigenvalue weighted by molar-refractivity contribution is 5.11. The lowest BCUT2D eigenvalue weighted by Crippen LogP contribution is -2.24. The Morgan fingerprint density at radius 3 is 2.46 bits per heavy atom. The second-order valence-electron chi connectivity index (χ2n) is 3.61. The van der Waals surface area contributed by atoms with Gasteiger partial charge in [0, 0.05) is 18.0 Å². The number of rotatable bonds is 3. The van der Waals surface area contributed by atoms with Gasteiger partial charge in [0.25, 0.3) is 0 Å². The third kappa shape index (κ3) is 2.29. The number of nitrogens with zero attached hydrogens (tertiary/aromatic N) is 1. The molecule has 0 fully saturated rings. The molecule has 0 radical (unpaired) electrons. The fourth-order valence-corrected chi connectivity index (χ4v) is 0.985. The topological polar surface area (TPSA) is 72.3 Å². The van der Waals surface area contributed by atoms with Crippen LogP contribution in [0.2, 0.25) is 0 Å². The van der Waals surface area contributed by atoms with Gasteiger partial charge in [-0.15, -0.1) is 0 Å². The molecule has 3 N–H and O–H groups in total. The molecule has 1 heterocycles. The molecule has 0 saturated heterocycles. The number of aliphatic hydroxyl groups excluding tert-OH is 1. The maximum atomic E-state index is 9.55. The minimum atomic E-state index is -0.740. The van der Waals surface area contributed by atoms with Gasteiger partial charge in [-0.1, -0.05) is 19.0 Å². The average Bonchev–Trinajstić information content (AvgIpc) is 2.50. The van der Waals surface area contributed by atoms with Gasteiger partial charge >= 0.3 is 0 Å². The molecule has 13 heavy (non-hydrogen) atoms. The van der Waals surface area contributed by atoms with Crippen LogP contribution in [-0.4, -0.2) is 16.3 Å². The lowest BCUT2D eigenvalue weighted by molar-refractivity contribution is 0.143. The van der Waals surface area contributed by atoms with E-state index in [-0.39, 0.29) is 12.0 Å². The fourth-order valence-electron chi connectivity index (χ4n) is 0.985. The first-order valence-electron chi connectivity index (χ1n) is 4.42. The Bertz CT molecular complexity index is 268. The van der Waals surface area contributed by atoms with E-state index in [9.17, 15) is 5.11 Å². The fraction of sp³-hybridized carbons (Fsp3) is 0.667. The molecule has 0 amide bonds. The van der Waals surface area contributed by atoms with Crippen LogP contribution in [0, 0.1) is 0 Å². The summed E-state index contributed by atoms with van der Waals surface area (Å²) in [6.45, 7) is 5.74. The molecule has 4 nitrogen and oxygen atoms in total. The van der Waals surface area contributed by atoms with Crippen LogP contribution in [-0.2, 0) is 0 Å². The largest absolute Gasteiger partial charge is 0.385 e. The average molecular weight is 184 g/mol. The standard InChI is InChI=1S/C9H16N2O2/c1-5(2)8-4-7(11-13-8)9(12)6(3)10/h4-6,9,12H,10H2,1-3H3. The summed E-state index contributed by atoms with van der Waals surface area (Å²) in [5.41, 5.74) is 6.03. The molecular formula is C9H16N2O2. The third-order valence-electron chi connectivity index (χ3n) is 1.92. The third-order valence-corrected chi connectivity index (χ3v) is 1.92. The summed E-state index contributed by atoms with van der Waals surface area (Å²) in [6, 6.07) is 1.42. The minimum Gasteiger partial charge on any atom is -0.385 e. The Kier molecular flexibility index (Phi) is 3.06. The van der Waals surface area contributed by atoms with Crippen molar-refractivity contribution < 1.29 is 9.63 Å². The van der Waals surface area contributed by atoms with Gasteiger partial charge < -0.3 is 15.4 Å². The molecule has 0 aromatic carbocycles. The maximum absolute atomic E-state index is 9.55. The number of nitrogens with two attached hydrogens (primary N) is 1. The van der Waals surface area contributed by atoms with Crippen molar-refractivity contribution in [3.05, 3.63) is 17.5 Å². The van der Waals surface area contributed by atoms with E-state index in [1.165, 1.54) is 0 Å². The number of aromatic nitrogens is 1. The van der Waals surface area contributed by atoms with E-state index in [4.69, 9.17) is 10.3 Å². The predicted octanol–water partition coefficient (Wildman–Crippen LogP) is 1.18.